The highest BCUT2D eigenvalue weighted by molar-refractivity contribution is 5.71. The lowest BCUT2D eigenvalue weighted by atomic mass is 10.1. The Morgan fingerprint density at radius 1 is 1.25 bits per heavy atom. The number of imidazole rings is 1. The van der Waals surface area contributed by atoms with Gasteiger partial charge in [-0.25, -0.2) is 13.8 Å². The van der Waals surface area contributed by atoms with Gasteiger partial charge >= 0.3 is 0 Å². The minimum Gasteiger partial charge on any atom is -0.383 e. The van der Waals surface area contributed by atoms with Gasteiger partial charge in [-0.2, -0.15) is 0 Å². The van der Waals surface area contributed by atoms with Crippen LogP contribution < -0.4 is 5.73 Å². The smallest absolute Gasteiger partial charge is 0.159 e. The summed E-state index contributed by atoms with van der Waals surface area (Å²) in [6.07, 6.45) is 0.737. The van der Waals surface area contributed by atoms with Gasteiger partial charge in [0.25, 0.3) is 0 Å². The first-order chi connectivity index (χ1) is 9.43. The van der Waals surface area contributed by atoms with Gasteiger partial charge in [-0.05, 0) is 24.1 Å². The monoisotopic (exact) mass is 279 g/mol. The van der Waals surface area contributed by atoms with Gasteiger partial charge in [-0.1, -0.05) is 20.8 Å². The van der Waals surface area contributed by atoms with E-state index in [2.05, 4.69) is 18.8 Å². The quantitative estimate of drug-likeness (QED) is 0.928. The summed E-state index contributed by atoms with van der Waals surface area (Å²) in [7, 11) is 0. The zero-order chi connectivity index (χ0) is 14.9. The van der Waals surface area contributed by atoms with E-state index in [1.54, 1.807) is 0 Å². The lowest BCUT2D eigenvalue weighted by molar-refractivity contribution is 0.509. The highest BCUT2D eigenvalue weighted by atomic mass is 19.2. The third kappa shape index (κ3) is 2.66. The van der Waals surface area contributed by atoms with Crippen LogP contribution in [-0.4, -0.2) is 9.55 Å². The van der Waals surface area contributed by atoms with Gasteiger partial charge in [-0.15, -0.1) is 0 Å². The fraction of sp³-hybridized carbons (Fsp3) is 0.400. The average molecular weight is 279 g/mol. The van der Waals surface area contributed by atoms with E-state index in [1.807, 2.05) is 11.5 Å². The third-order valence-corrected chi connectivity index (χ3v) is 3.14. The van der Waals surface area contributed by atoms with Crippen LogP contribution in [0.1, 0.15) is 26.6 Å². The van der Waals surface area contributed by atoms with Crippen molar-refractivity contribution in [3.8, 4) is 11.3 Å². The highest BCUT2D eigenvalue weighted by Crippen LogP contribution is 2.28. The second kappa shape index (κ2) is 5.61. The van der Waals surface area contributed by atoms with Crippen LogP contribution in [0.4, 0.5) is 14.6 Å². The number of nitrogens with two attached hydrogens (primary N) is 1. The molecule has 0 spiro atoms. The molecule has 0 fully saturated rings. The van der Waals surface area contributed by atoms with Crippen molar-refractivity contribution in [3.05, 3.63) is 35.7 Å². The van der Waals surface area contributed by atoms with Crippen molar-refractivity contribution in [1.82, 2.24) is 9.55 Å². The second-order valence-corrected chi connectivity index (χ2v) is 5.25. The highest BCUT2D eigenvalue weighted by Gasteiger charge is 2.17. The summed E-state index contributed by atoms with van der Waals surface area (Å²) in [5, 5.41) is 0. The van der Waals surface area contributed by atoms with Crippen LogP contribution >= 0.6 is 0 Å². The van der Waals surface area contributed by atoms with E-state index in [-0.39, 0.29) is 0 Å². The molecule has 1 aromatic carbocycles. The molecule has 2 aromatic rings. The molecule has 0 saturated carbocycles. The molecule has 108 valence electrons. The molecule has 20 heavy (non-hydrogen) atoms. The lowest BCUT2D eigenvalue weighted by Crippen LogP contribution is -2.10. The van der Waals surface area contributed by atoms with Crippen molar-refractivity contribution < 1.29 is 8.78 Å². The second-order valence-electron chi connectivity index (χ2n) is 5.25. The normalized spacial score (nSPS) is 11.3. The Hall–Kier alpha value is -1.91. The van der Waals surface area contributed by atoms with Crippen LogP contribution in [-0.2, 0) is 13.0 Å². The molecule has 0 unspecified atom stereocenters. The summed E-state index contributed by atoms with van der Waals surface area (Å²) in [5.41, 5.74) is 7.15. The Bertz CT molecular complexity index is 618. The van der Waals surface area contributed by atoms with Gasteiger partial charge in [-0.3, -0.25) is 0 Å². The van der Waals surface area contributed by atoms with Crippen LogP contribution in [0, 0.1) is 17.6 Å². The Kier molecular flexibility index (Phi) is 4.06. The van der Waals surface area contributed by atoms with Gasteiger partial charge in [0, 0.05) is 18.5 Å². The molecule has 2 N–H and O–H groups in total. The van der Waals surface area contributed by atoms with Gasteiger partial charge in [0.1, 0.15) is 17.3 Å². The number of aryl methyl sites for hydroxylation is 1. The first kappa shape index (κ1) is 14.5. The number of halogens is 2. The standard InChI is InChI=1S/C15H19F2N3/c1-4-13-19-14(15(18)20(13)8-9(2)3)10-5-6-11(16)12(17)7-10/h5-7,9H,4,8,18H2,1-3H3. The summed E-state index contributed by atoms with van der Waals surface area (Å²) in [4.78, 5) is 4.47. The number of anilines is 1. The molecule has 0 amide bonds. The molecule has 5 heteroatoms. The molecule has 2 rings (SSSR count). The maximum absolute atomic E-state index is 13.3. The number of nitrogens with zero attached hydrogens (tertiary/aromatic N) is 2. The molecule has 0 aliphatic carbocycles. The number of hydrogen-bond donors (Lipinski definition) is 1. The molecule has 0 saturated heterocycles. The molecule has 0 atom stereocenters. The summed E-state index contributed by atoms with van der Waals surface area (Å²) in [5.74, 6) is 0.0232. The maximum Gasteiger partial charge on any atom is 0.159 e. The van der Waals surface area contributed by atoms with Crippen molar-refractivity contribution >= 4 is 5.82 Å². The van der Waals surface area contributed by atoms with Gasteiger partial charge in [0.05, 0.1) is 0 Å². The number of nitrogen functional groups attached to an aromatic ring is 1. The number of hydrogen-bond acceptors (Lipinski definition) is 2. The van der Waals surface area contributed by atoms with E-state index in [0.717, 1.165) is 30.9 Å². The molecule has 1 aromatic heterocycles. The number of rotatable bonds is 4. The first-order valence-electron chi connectivity index (χ1n) is 6.74. The zero-order valence-electron chi connectivity index (χ0n) is 12.0. The van der Waals surface area contributed by atoms with E-state index < -0.39 is 11.6 Å². The lowest BCUT2D eigenvalue weighted by Gasteiger charge is -2.11. The van der Waals surface area contributed by atoms with E-state index in [1.165, 1.54) is 6.07 Å². The van der Waals surface area contributed by atoms with E-state index >= 15 is 0 Å². The minimum absolute atomic E-state index is 0.426. The van der Waals surface area contributed by atoms with Crippen molar-refractivity contribution in [2.75, 3.05) is 5.73 Å². The van der Waals surface area contributed by atoms with Crippen LogP contribution in [0.2, 0.25) is 0 Å². The summed E-state index contributed by atoms with van der Waals surface area (Å²) in [6.45, 7) is 6.94. The number of benzene rings is 1. The van der Waals surface area contributed by atoms with Crippen LogP contribution in [0.25, 0.3) is 11.3 Å². The molecule has 0 aliphatic heterocycles. The van der Waals surface area contributed by atoms with Gasteiger partial charge in [0.15, 0.2) is 11.6 Å². The van der Waals surface area contributed by atoms with Crippen LogP contribution in [0.3, 0.4) is 0 Å². The number of aromatic nitrogens is 2. The molecular weight excluding hydrogens is 260 g/mol. The summed E-state index contributed by atoms with van der Waals surface area (Å²) in [6, 6.07) is 3.72. The van der Waals surface area contributed by atoms with Crippen molar-refractivity contribution in [2.45, 2.75) is 33.7 Å². The predicted molar refractivity (Wildman–Crippen MR) is 76.2 cm³/mol. The molecule has 0 bridgehead atoms. The van der Waals surface area contributed by atoms with Crippen LogP contribution in [0.15, 0.2) is 18.2 Å². The molecular formula is C15H19F2N3. The largest absolute Gasteiger partial charge is 0.383 e. The predicted octanol–water partition coefficient (Wildman–Crippen LogP) is 3.63. The fourth-order valence-electron chi connectivity index (χ4n) is 2.21. The Labute approximate surface area is 117 Å². The van der Waals surface area contributed by atoms with Gasteiger partial charge in [0.2, 0.25) is 0 Å². The molecule has 1 heterocycles. The molecule has 0 radical (unpaired) electrons. The van der Waals surface area contributed by atoms with Crippen molar-refractivity contribution in [1.29, 1.82) is 0 Å². The minimum atomic E-state index is -0.890. The van der Waals surface area contributed by atoms with Gasteiger partial charge < -0.3 is 10.3 Å². The fourth-order valence-corrected chi connectivity index (χ4v) is 2.21. The van der Waals surface area contributed by atoms with Crippen molar-refractivity contribution in [2.24, 2.45) is 5.92 Å². The summed E-state index contributed by atoms with van der Waals surface area (Å²) >= 11 is 0. The Balaban J connectivity index is 2.51. The van der Waals surface area contributed by atoms with E-state index in [0.29, 0.717) is 23.0 Å². The van der Waals surface area contributed by atoms with Crippen molar-refractivity contribution in [3.63, 3.8) is 0 Å². The molecule has 0 aliphatic rings. The van der Waals surface area contributed by atoms with Crippen LogP contribution in [0.5, 0.6) is 0 Å². The zero-order valence-corrected chi connectivity index (χ0v) is 12.0. The first-order valence-corrected chi connectivity index (χ1v) is 6.74. The third-order valence-electron chi connectivity index (χ3n) is 3.14. The molecule has 3 nitrogen and oxygen atoms in total. The maximum atomic E-state index is 13.3. The Morgan fingerprint density at radius 3 is 2.50 bits per heavy atom. The topological polar surface area (TPSA) is 43.8 Å². The average Bonchev–Trinajstić information content (AvgIpc) is 2.70. The Morgan fingerprint density at radius 2 is 1.95 bits per heavy atom. The SMILES string of the molecule is CCc1nc(-c2ccc(F)c(F)c2)c(N)n1CC(C)C. The summed E-state index contributed by atoms with van der Waals surface area (Å²) < 4.78 is 28.3. The van der Waals surface area contributed by atoms with E-state index in [4.69, 9.17) is 5.73 Å². The van der Waals surface area contributed by atoms with E-state index in [9.17, 15) is 8.78 Å².